The zero-order valence-corrected chi connectivity index (χ0v) is 11.5. The van der Waals surface area contributed by atoms with Gasteiger partial charge in [-0.15, -0.1) is 0 Å². The maximum Gasteiger partial charge on any atom is 1.00 e. The van der Waals surface area contributed by atoms with E-state index in [-0.39, 0.29) is 57.1 Å². The second-order valence-electron chi connectivity index (χ2n) is 2.68. The van der Waals surface area contributed by atoms with Crippen LogP contribution in [0.5, 0.6) is 0 Å². The van der Waals surface area contributed by atoms with Crippen LogP contribution in [-0.4, -0.2) is 16.8 Å². The van der Waals surface area contributed by atoms with Crippen molar-refractivity contribution < 1.29 is 68.7 Å². The van der Waals surface area contributed by atoms with Gasteiger partial charge in [-0.1, -0.05) is 0 Å². The van der Waals surface area contributed by atoms with Gasteiger partial charge in [0.05, 0.1) is 5.69 Å². The first-order valence-corrected chi connectivity index (χ1v) is 4.04. The summed E-state index contributed by atoms with van der Waals surface area (Å²) in [4.78, 5) is 0. The smallest absolute Gasteiger partial charge is 0.443 e. The van der Waals surface area contributed by atoms with Gasteiger partial charge in [-0.2, -0.15) is 5.10 Å². The van der Waals surface area contributed by atoms with Crippen LogP contribution < -0.4 is 51.4 Å². The molecule has 0 N–H and O–H groups in total. The third-order valence-corrected chi connectivity index (χ3v) is 1.65. The summed E-state index contributed by atoms with van der Waals surface area (Å²) in [5.74, 6) is 0. The Morgan fingerprint density at radius 1 is 1.53 bits per heavy atom. The maximum atomic E-state index is 12.5. The number of nitrogens with zero attached hydrogens (tertiary/aromatic N) is 2. The van der Waals surface area contributed by atoms with E-state index in [0.29, 0.717) is 12.6 Å². The van der Waals surface area contributed by atoms with E-state index >= 15 is 0 Å². The Morgan fingerprint density at radius 2 is 2.13 bits per heavy atom. The molecule has 1 heterocycles. The average molecular weight is 246 g/mol. The average Bonchev–Trinajstić information content (AvgIpc) is 2.50. The number of hydrogen-bond donors (Lipinski definition) is 0. The fourth-order valence-corrected chi connectivity index (χ4v) is 0.965. The fourth-order valence-electron chi connectivity index (χ4n) is 0.965. The molecule has 2 nitrogen and oxygen atoms in total. The van der Waals surface area contributed by atoms with Crippen LogP contribution in [0, 0.1) is 0 Å². The van der Waals surface area contributed by atoms with E-state index in [1.54, 1.807) is 6.92 Å². The van der Waals surface area contributed by atoms with E-state index in [4.69, 9.17) is 0 Å². The Morgan fingerprint density at radius 3 is 2.60 bits per heavy atom. The molecule has 0 radical (unpaired) electrons. The Bertz CT molecular complexity index is 347. The van der Waals surface area contributed by atoms with Crippen LogP contribution in [0.25, 0.3) is 6.08 Å². The van der Waals surface area contributed by atoms with E-state index < -0.39 is 12.7 Å². The van der Waals surface area contributed by atoms with Gasteiger partial charge in [0.15, 0.2) is 0 Å². The van der Waals surface area contributed by atoms with Gasteiger partial charge in [-0.25, -0.2) is 4.39 Å². The second kappa shape index (κ2) is 6.19. The molecule has 1 rings (SSSR count). The molecular formula is C7H8BF4KN2. The molecule has 0 bridgehead atoms. The van der Waals surface area contributed by atoms with Gasteiger partial charge < -0.3 is 12.9 Å². The quantitative estimate of drug-likeness (QED) is 0.524. The zero-order chi connectivity index (χ0) is 10.8. The van der Waals surface area contributed by atoms with Crippen molar-refractivity contribution in [2.45, 2.75) is 13.5 Å². The van der Waals surface area contributed by atoms with Crippen molar-refractivity contribution in [2.24, 2.45) is 0 Å². The van der Waals surface area contributed by atoms with E-state index in [9.17, 15) is 17.3 Å². The summed E-state index contributed by atoms with van der Waals surface area (Å²) < 4.78 is 49.4. The summed E-state index contributed by atoms with van der Waals surface area (Å²) in [6.45, 7) is -3.44. The standard InChI is InChI=1S/C7H8BF4N2.K/c1-2-14-6(3-4-13-14)5-7(9)8(10,11)12;/h3-5H,2H2,1H3;/q-1;+1/b7-5-;. The van der Waals surface area contributed by atoms with Crippen molar-refractivity contribution in [1.29, 1.82) is 0 Å². The predicted octanol–water partition coefficient (Wildman–Crippen LogP) is -0.396. The monoisotopic (exact) mass is 246 g/mol. The third-order valence-electron chi connectivity index (χ3n) is 1.65. The van der Waals surface area contributed by atoms with E-state index in [1.807, 2.05) is 0 Å². The summed E-state index contributed by atoms with van der Waals surface area (Å²) in [7, 11) is 0. The number of rotatable bonds is 3. The van der Waals surface area contributed by atoms with Crippen molar-refractivity contribution in [3.05, 3.63) is 23.7 Å². The number of aromatic nitrogens is 2. The molecule has 0 aliphatic rings. The first-order valence-electron chi connectivity index (χ1n) is 4.04. The van der Waals surface area contributed by atoms with Crippen LogP contribution in [-0.2, 0) is 6.54 Å². The first-order chi connectivity index (χ1) is 6.45. The Balaban J connectivity index is 0.00000196. The van der Waals surface area contributed by atoms with Crippen LogP contribution in [0.2, 0.25) is 0 Å². The maximum absolute atomic E-state index is 12.5. The molecule has 0 aliphatic carbocycles. The number of aryl methyl sites for hydroxylation is 1. The van der Waals surface area contributed by atoms with Gasteiger partial charge in [0.1, 0.15) is 0 Å². The third kappa shape index (κ3) is 4.39. The summed E-state index contributed by atoms with van der Waals surface area (Å²) in [5.41, 5.74) is -1.94. The molecule has 0 fully saturated rings. The van der Waals surface area contributed by atoms with Gasteiger partial charge >= 0.3 is 58.4 Å². The minimum absolute atomic E-state index is 0. The fraction of sp³-hybridized carbons (Fsp3) is 0.286. The van der Waals surface area contributed by atoms with Gasteiger partial charge in [0.25, 0.3) is 0 Å². The van der Waals surface area contributed by atoms with E-state index in [1.165, 1.54) is 16.9 Å². The van der Waals surface area contributed by atoms with Crippen LogP contribution in [0.4, 0.5) is 17.3 Å². The molecule has 0 spiro atoms. The molecule has 0 saturated carbocycles. The van der Waals surface area contributed by atoms with Gasteiger partial charge in [-0.05, 0) is 19.1 Å². The molecule has 1 aromatic heterocycles. The molecular weight excluding hydrogens is 238 g/mol. The molecule has 0 aliphatic heterocycles. The summed E-state index contributed by atoms with van der Waals surface area (Å²) >= 11 is 0. The molecule has 0 atom stereocenters. The van der Waals surface area contributed by atoms with E-state index in [2.05, 4.69) is 5.10 Å². The molecule has 0 amide bonds. The van der Waals surface area contributed by atoms with Crippen LogP contribution in [0.1, 0.15) is 12.6 Å². The molecule has 15 heavy (non-hydrogen) atoms. The van der Waals surface area contributed by atoms with Crippen molar-refractivity contribution >= 4 is 13.1 Å². The van der Waals surface area contributed by atoms with Crippen LogP contribution in [0.15, 0.2) is 18.0 Å². The molecule has 1 aromatic rings. The second-order valence-corrected chi connectivity index (χ2v) is 2.68. The van der Waals surface area contributed by atoms with Crippen molar-refractivity contribution in [1.82, 2.24) is 9.78 Å². The van der Waals surface area contributed by atoms with Crippen molar-refractivity contribution in [2.75, 3.05) is 0 Å². The predicted molar refractivity (Wildman–Crippen MR) is 46.1 cm³/mol. The summed E-state index contributed by atoms with van der Waals surface area (Å²) in [6, 6.07) is 1.32. The SMILES string of the molecule is CCn1nccc1/C=C(\F)[B-](F)(F)F.[K+]. The normalized spacial score (nSPS) is 12.5. The first kappa shape index (κ1) is 15.4. The van der Waals surface area contributed by atoms with Gasteiger partial charge in [0.2, 0.25) is 0 Å². The molecule has 78 valence electrons. The number of hydrogen-bond acceptors (Lipinski definition) is 1. The Hall–Kier alpha value is 0.371. The van der Waals surface area contributed by atoms with Crippen molar-refractivity contribution in [3.63, 3.8) is 0 Å². The minimum Gasteiger partial charge on any atom is -0.443 e. The summed E-state index contributed by atoms with van der Waals surface area (Å²) in [5, 5.41) is 3.71. The van der Waals surface area contributed by atoms with Gasteiger partial charge in [0, 0.05) is 18.5 Å². The topological polar surface area (TPSA) is 17.8 Å². The minimum atomic E-state index is -5.54. The summed E-state index contributed by atoms with van der Waals surface area (Å²) in [6.07, 6.45) is 1.78. The molecule has 0 aromatic carbocycles. The van der Waals surface area contributed by atoms with E-state index in [0.717, 1.165) is 0 Å². The zero-order valence-electron chi connectivity index (χ0n) is 8.42. The molecule has 0 saturated heterocycles. The van der Waals surface area contributed by atoms with Crippen molar-refractivity contribution in [3.8, 4) is 0 Å². The Kier molecular flexibility index (Phi) is 6.34. The molecule has 8 heteroatoms. The van der Waals surface area contributed by atoms with Crippen LogP contribution in [0.3, 0.4) is 0 Å². The largest absolute Gasteiger partial charge is 1.00 e. The Labute approximate surface area is 127 Å². The molecule has 0 unspecified atom stereocenters. The number of halogens is 4. The van der Waals surface area contributed by atoms with Gasteiger partial charge in [-0.3, -0.25) is 4.68 Å². The van der Waals surface area contributed by atoms with Crippen LogP contribution >= 0.6 is 0 Å².